The molecule has 0 rings (SSSR count). The van der Waals surface area contributed by atoms with E-state index in [-0.39, 0.29) is 52.4 Å². The van der Waals surface area contributed by atoms with Crippen molar-refractivity contribution in [1.29, 1.82) is 0 Å². The smallest absolute Gasteiger partial charge is 0.325 e. The number of carbonyl (C=O) groups excluding carboxylic acids is 5. The van der Waals surface area contributed by atoms with Gasteiger partial charge in [-0.1, -0.05) is 6.42 Å². The predicted octanol–water partition coefficient (Wildman–Crippen LogP) is -0.944. The van der Waals surface area contributed by atoms with E-state index in [2.05, 4.69) is 18.1 Å². The molecule has 0 bridgehead atoms. The highest BCUT2D eigenvalue weighted by Gasteiger charge is 2.28. The fourth-order valence-corrected chi connectivity index (χ4v) is 3.74. The summed E-state index contributed by atoms with van der Waals surface area (Å²) in [6.45, 7) is 0.451. The topological polar surface area (TPSA) is 167 Å². The van der Waals surface area contributed by atoms with E-state index in [1.165, 1.54) is 9.80 Å². The molecule has 0 radical (unpaired) electrons. The minimum atomic E-state index is -0.697. The summed E-state index contributed by atoms with van der Waals surface area (Å²) < 4.78 is 23.4. The van der Waals surface area contributed by atoms with Gasteiger partial charge in [-0.05, 0) is 19.4 Å². The average Bonchev–Trinajstić information content (AvgIpc) is 2.90. The Morgan fingerprint density at radius 1 is 0.595 bits per heavy atom. The van der Waals surface area contributed by atoms with Gasteiger partial charge in [0.15, 0.2) is 0 Å². The van der Waals surface area contributed by atoms with Crippen molar-refractivity contribution in [2.45, 2.75) is 25.3 Å². The number of rotatable bonds is 20. The first-order valence-corrected chi connectivity index (χ1v) is 13.4. The zero-order valence-electron chi connectivity index (χ0n) is 20.5. The van der Waals surface area contributed by atoms with Crippen LogP contribution < -0.4 is 5.73 Å². The standard InChI is InChI=1S/C18H37N4O10P5/c19-4-2-1-3-13(18(27)32-37)22(7-5-20(9-14(23)28-33)10-15(24)29-34)8-6-21(11-16(25)30-35)12-17(26)31-36/h13H,1-12,19,33-37H2. The lowest BCUT2D eigenvalue weighted by Crippen LogP contribution is -2.50. The first-order chi connectivity index (χ1) is 17.6. The SMILES string of the molecule is NCCCCC(C(=O)OP)N(CCN(CC(=O)OP)CC(=O)OP)CCN(CC(=O)OP)CC(=O)OP. The number of nitrogens with two attached hydrogens (primary N) is 1. The molecule has 19 heteroatoms. The molecule has 0 aliphatic heterocycles. The first kappa shape index (κ1) is 36.3. The summed E-state index contributed by atoms with van der Waals surface area (Å²) in [6, 6.07) is -0.697. The van der Waals surface area contributed by atoms with Crippen LogP contribution in [0.4, 0.5) is 0 Å². The maximum Gasteiger partial charge on any atom is 0.325 e. The third kappa shape index (κ3) is 16.8. The van der Waals surface area contributed by atoms with E-state index >= 15 is 0 Å². The molecule has 37 heavy (non-hydrogen) atoms. The Hall–Kier alpha value is -0.660. The molecule has 6 unspecified atom stereocenters. The van der Waals surface area contributed by atoms with Crippen LogP contribution >= 0.6 is 47.3 Å². The van der Waals surface area contributed by atoms with Crippen molar-refractivity contribution in [3.63, 3.8) is 0 Å². The van der Waals surface area contributed by atoms with Crippen molar-refractivity contribution < 1.29 is 46.6 Å². The number of hydrogen-bond acceptors (Lipinski definition) is 14. The summed E-state index contributed by atoms with van der Waals surface area (Å²) in [6.07, 6.45) is 1.75. The van der Waals surface area contributed by atoms with E-state index < -0.39 is 35.9 Å². The van der Waals surface area contributed by atoms with Crippen LogP contribution in [0.15, 0.2) is 0 Å². The second-order valence-corrected chi connectivity index (χ2v) is 8.83. The van der Waals surface area contributed by atoms with Crippen LogP contribution in [0.25, 0.3) is 0 Å². The Morgan fingerprint density at radius 2 is 0.973 bits per heavy atom. The van der Waals surface area contributed by atoms with Crippen molar-refractivity contribution in [3.05, 3.63) is 0 Å². The van der Waals surface area contributed by atoms with Gasteiger partial charge in [-0.15, -0.1) is 0 Å². The van der Waals surface area contributed by atoms with Crippen molar-refractivity contribution in [2.75, 3.05) is 58.9 Å². The summed E-state index contributed by atoms with van der Waals surface area (Å²) in [5.74, 6) is -2.86. The molecule has 0 spiro atoms. The summed E-state index contributed by atoms with van der Waals surface area (Å²) >= 11 is 0. The highest BCUT2D eigenvalue weighted by atomic mass is 31.0. The van der Waals surface area contributed by atoms with Gasteiger partial charge in [0.05, 0.1) is 73.5 Å². The van der Waals surface area contributed by atoms with Crippen molar-refractivity contribution in [1.82, 2.24) is 14.7 Å². The molecule has 0 fully saturated rings. The normalized spacial score (nSPS) is 11.8. The minimum Gasteiger partial charge on any atom is -0.451 e. The second kappa shape index (κ2) is 22.2. The van der Waals surface area contributed by atoms with Crippen molar-refractivity contribution in [3.8, 4) is 0 Å². The zero-order valence-corrected chi connectivity index (χ0v) is 26.2. The van der Waals surface area contributed by atoms with Gasteiger partial charge in [0, 0.05) is 26.2 Å². The van der Waals surface area contributed by atoms with Gasteiger partial charge in [-0.3, -0.25) is 38.7 Å². The molecule has 0 saturated carbocycles. The quantitative estimate of drug-likeness (QED) is 0.130. The lowest BCUT2D eigenvalue weighted by molar-refractivity contribution is -0.142. The highest BCUT2D eigenvalue weighted by Crippen LogP contribution is 2.14. The molecule has 214 valence electrons. The summed E-state index contributed by atoms with van der Waals surface area (Å²) in [7, 11) is 9.33. The Kier molecular flexibility index (Phi) is 21.8. The van der Waals surface area contributed by atoms with Crippen molar-refractivity contribution >= 4 is 77.2 Å². The lowest BCUT2D eigenvalue weighted by atomic mass is 10.1. The number of unbranched alkanes of at least 4 members (excludes halogenated alkanes) is 1. The van der Waals surface area contributed by atoms with E-state index in [0.29, 0.717) is 25.8 Å². The number of hydrogen-bond donors (Lipinski definition) is 1. The Morgan fingerprint density at radius 3 is 1.27 bits per heavy atom. The molecule has 0 aromatic carbocycles. The molecular weight excluding hydrogens is 587 g/mol. The maximum absolute atomic E-state index is 12.7. The Labute approximate surface area is 228 Å². The number of nitrogens with zero attached hydrogens (tertiary/aromatic N) is 3. The average molecular weight is 624 g/mol. The molecule has 14 nitrogen and oxygen atoms in total. The second-order valence-electron chi connectivity index (χ2n) is 7.65. The zero-order chi connectivity index (χ0) is 28.2. The van der Waals surface area contributed by atoms with Gasteiger partial charge < -0.3 is 28.4 Å². The van der Waals surface area contributed by atoms with Crippen LogP contribution in [0.3, 0.4) is 0 Å². The maximum atomic E-state index is 12.7. The van der Waals surface area contributed by atoms with E-state index in [1.54, 1.807) is 4.90 Å². The van der Waals surface area contributed by atoms with Gasteiger partial charge in [0.1, 0.15) is 6.04 Å². The molecule has 0 amide bonds. The van der Waals surface area contributed by atoms with Gasteiger partial charge in [0.2, 0.25) is 0 Å². The highest BCUT2D eigenvalue weighted by molar-refractivity contribution is 7.11. The van der Waals surface area contributed by atoms with Crippen LogP contribution in [0, 0.1) is 0 Å². The van der Waals surface area contributed by atoms with E-state index in [1.807, 2.05) is 47.3 Å². The molecule has 0 aliphatic rings. The van der Waals surface area contributed by atoms with Gasteiger partial charge in [-0.2, -0.15) is 0 Å². The van der Waals surface area contributed by atoms with Crippen molar-refractivity contribution in [2.24, 2.45) is 5.73 Å². The third-order valence-corrected chi connectivity index (χ3v) is 6.39. The third-order valence-electron chi connectivity index (χ3n) is 5.10. The van der Waals surface area contributed by atoms with Crippen LogP contribution in [0.2, 0.25) is 0 Å². The van der Waals surface area contributed by atoms with Gasteiger partial charge in [-0.25, -0.2) is 0 Å². The largest absolute Gasteiger partial charge is 0.451 e. The van der Waals surface area contributed by atoms with E-state index in [9.17, 15) is 24.0 Å². The van der Waals surface area contributed by atoms with Crippen LogP contribution in [-0.4, -0.2) is 109 Å². The van der Waals surface area contributed by atoms with E-state index in [4.69, 9.17) is 10.3 Å². The molecule has 0 heterocycles. The Bertz CT molecular complexity index is 659. The fraction of sp³-hybridized carbons (Fsp3) is 0.722. The van der Waals surface area contributed by atoms with Gasteiger partial charge >= 0.3 is 29.8 Å². The van der Waals surface area contributed by atoms with Crippen LogP contribution in [0.5, 0.6) is 0 Å². The summed E-state index contributed by atoms with van der Waals surface area (Å²) in [4.78, 5) is 64.8. The molecule has 2 N–H and O–H groups in total. The molecule has 6 atom stereocenters. The minimum absolute atomic E-state index is 0.179. The molecule has 0 aromatic rings. The molecule has 0 aliphatic carbocycles. The fourth-order valence-electron chi connectivity index (χ4n) is 3.28. The predicted molar refractivity (Wildman–Crippen MR) is 150 cm³/mol. The molecule has 0 aromatic heterocycles. The van der Waals surface area contributed by atoms with E-state index in [0.717, 1.165) is 0 Å². The monoisotopic (exact) mass is 624 g/mol. The molecule has 0 saturated heterocycles. The van der Waals surface area contributed by atoms with Crippen LogP contribution in [0.1, 0.15) is 19.3 Å². The Balaban J connectivity index is 5.81. The molecular formula is C18H37N4O10P5. The number of carbonyl (C=O) groups is 5. The van der Waals surface area contributed by atoms with Gasteiger partial charge in [0.25, 0.3) is 0 Å². The first-order valence-electron chi connectivity index (χ1n) is 11.0. The lowest BCUT2D eigenvalue weighted by Gasteiger charge is -2.33. The summed E-state index contributed by atoms with van der Waals surface area (Å²) in [5, 5.41) is 0. The van der Waals surface area contributed by atoms with Crippen LogP contribution in [-0.2, 0) is 46.6 Å². The summed E-state index contributed by atoms with van der Waals surface area (Å²) in [5.41, 5.74) is 5.61.